The smallest absolute Gasteiger partial charge is 0.430 e. The van der Waals surface area contributed by atoms with Gasteiger partial charge in [-0.3, -0.25) is 4.79 Å². The van der Waals surface area contributed by atoms with Crippen molar-refractivity contribution in [2.24, 2.45) is 5.41 Å². The highest BCUT2D eigenvalue weighted by atomic mass is 19.4. The third-order valence-electron chi connectivity index (χ3n) is 4.04. The van der Waals surface area contributed by atoms with Gasteiger partial charge in [0, 0.05) is 0 Å². The normalized spacial score (nSPS) is 24.1. The molecule has 1 N–H and O–H groups in total. The van der Waals surface area contributed by atoms with Crippen LogP contribution >= 0.6 is 0 Å². The Bertz CT molecular complexity index is 518. The van der Waals surface area contributed by atoms with Crippen LogP contribution in [-0.4, -0.2) is 41.3 Å². The molecule has 0 radical (unpaired) electrons. The van der Waals surface area contributed by atoms with Gasteiger partial charge < -0.3 is 9.84 Å². The van der Waals surface area contributed by atoms with Crippen LogP contribution in [0.25, 0.3) is 0 Å². The lowest BCUT2D eigenvalue weighted by Crippen LogP contribution is -2.65. The van der Waals surface area contributed by atoms with Gasteiger partial charge in [-0.1, -0.05) is 12.2 Å². The molecular formula is C13H13F9O3. The van der Waals surface area contributed by atoms with Crippen LogP contribution < -0.4 is 0 Å². The number of carbonyl (C=O) groups excluding carboxylic acids is 1. The van der Waals surface area contributed by atoms with Gasteiger partial charge >= 0.3 is 24.5 Å². The van der Waals surface area contributed by atoms with Gasteiger partial charge in [-0.2, -0.15) is 39.5 Å². The van der Waals surface area contributed by atoms with Crippen LogP contribution in [0.4, 0.5) is 39.5 Å². The molecule has 1 rings (SSSR count). The number of allylic oxidation sites excluding steroid dienone is 2. The molecule has 0 aromatic carbocycles. The van der Waals surface area contributed by atoms with Crippen molar-refractivity contribution >= 4 is 5.97 Å². The molecule has 0 aliphatic heterocycles. The van der Waals surface area contributed by atoms with Gasteiger partial charge in [0.2, 0.25) is 0 Å². The number of esters is 1. The molecule has 2 unspecified atom stereocenters. The molecule has 0 heterocycles. The molecular weight excluding hydrogens is 375 g/mol. The summed E-state index contributed by atoms with van der Waals surface area (Å²) in [7, 11) is 0. The molecule has 1 aliphatic rings. The highest BCUT2D eigenvalue weighted by Crippen LogP contribution is 2.50. The molecule has 25 heavy (non-hydrogen) atoms. The molecule has 0 spiro atoms. The van der Waals surface area contributed by atoms with E-state index in [-0.39, 0.29) is 13.3 Å². The summed E-state index contributed by atoms with van der Waals surface area (Å²) in [5, 5.41) is 9.06. The summed E-state index contributed by atoms with van der Waals surface area (Å²) < 4.78 is 120. The average Bonchev–Trinajstić information content (AvgIpc) is 2.43. The fourth-order valence-electron chi connectivity index (χ4n) is 2.37. The Balaban J connectivity index is 3.21. The predicted molar refractivity (Wildman–Crippen MR) is 64.1 cm³/mol. The van der Waals surface area contributed by atoms with E-state index in [0.29, 0.717) is 0 Å². The molecule has 1 aliphatic carbocycles. The molecule has 0 fully saturated rings. The Hall–Kier alpha value is -1.46. The summed E-state index contributed by atoms with van der Waals surface area (Å²) in [5.41, 5.74) is -8.78. The number of carbonyl (C=O) groups is 1. The molecule has 0 aromatic rings. The molecule has 12 heteroatoms. The van der Waals surface area contributed by atoms with E-state index in [4.69, 9.17) is 5.11 Å². The maximum atomic E-state index is 13.2. The minimum absolute atomic E-state index is 0.0294. The van der Waals surface area contributed by atoms with Crippen LogP contribution in [0.3, 0.4) is 0 Å². The van der Waals surface area contributed by atoms with E-state index in [2.05, 4.69) is 4.74 Å². The fourth-order valence-corrected chi connectivity index (χ4v) is 2.37. The van der Waals surface area contributed by atoms with Gasteiger partial charge in [0.15, 0.2) is 5.41 Å². The Labute approximate surface area is 135 Å². The number of alkyl halides is 9. The van der Waals surface area contributed by atoms with E-state index in [1.54, 1.807) is 0 Å². The first-order valence-electron chi connectivity index (χ1n) is 6.79. The largest absolute Gasteiger partial charge is 0.458 e. The number of ether oxygens (including phenoxy) is 1. The van der Waals surface area contributed by atoms with E-state index >= 15 is 0 Å². The Kier molecular flexibility index (Phi) is 5.49. The summed E-state index contributed by atoms with van der Waals surface area (Å²) in [6.45, 7) is 0.0294. The fraction of sp³-hybridized carbons (Fsp3) is 0.769. The summed E-state index contributed by atoms with van der Waals surface area (Å²) in [4.78, 5) is 11.9. The van der Waals surface area contributed by atoms with Crippen LogP contribution in [0.1, 0.15) is 26.2 Å². The SMILES string of the molecule is CC(OC(=O)C1(C(F)(F)F)CC=CCC1)C(O)(C(F)(F)F)C(F)(F)F. The van der Waals surface area contributed by atoms with Crippen molar-refractivity contribution in [2.45, 2.75) is 56.4 Å². The lowest BCUT2D eigenvalue weighted by molar-refractivity contribution is -0.390. The highest BCUT2D eigenvalue weighted by Gasteiger charge is 2.75. The van der Waals surface area contributed by atoms with Gasteiger partial charge in [0.05, 0.1) is 0 Å². The summed E-state index contributed by atoms with van der Waals surface area (Å²) in [6, 6.07) is 0. The van der Waals surface area contributed by atoms with Crippen molar-refractivity contribution in [2.75, 3.05) is 0 Å². The standard InChI is InChI=1S/C13H13F9O3/c1-7(10(24,12(17,18)19)13(20,21)22)25-8(23)9(11(14,15)16)5-3-2-4-6-9/h2-3,7,24H,4-6H2,1H3. The quantitative estimate of drug-likeness (QED) is 0.451. The minimum Gasteiger partial charge on any atom is -0.458 e. The zero-order valence-electron chi connectivity index (χ0n) is 12.5. The number of hydrogen-bond donors (Lipinski definition) is 1. The Morgan fingerprint density at radius 3 is 1.84 bits per heavy atom. The van der Waals surface area contributed by atoms with E-state index in [1.165, 1.54) is 6.08 Å². The lowest BCUT2D eigenvalue weighted by Gasteiger charge is -2.39. The van der Waals surface area contributed by atoms with Gasteiger partial charge in [-0.25, -0.2) is 0 Å². The van der Waals surface area contributed by atoms with Gasteiger partial charge in [0.1, 0.15) is 6.10 Å². The van der Waals surface area contributed by atoms with Crippen LogP contribution in [0.5, 0.6) is 0 Å². The van der Waals surface area contributed by atoms with Crippen molar-refractivity contribution in [1.29, 1.82) is 0 Å². The maximum Gasteiger partial charge on any atom is 0.430 e. The van der Waals surface area contributed by atoms with Crippen molar-refractivity contribution < 1.29 is 54.2 Å². The highest BCUT2D eigenvalue weighted by molar-refractivity contribution is 5.78. The average molecular weight is 388 g/mol. The predicted octanol–water partition coefficient (Wildman–Crippen LogP) is 4.06. The number of halogens is 9. The lowest BCUT2D eigenvalue weighted by atomic mass is 9.76. The molecule has 2 atom stereocenters. The first-order chi connectivity index (χ1) is 11.0. The van der Waals surface area contributed by atoms with Crippen molar-refractivity contribution in [3.05, 3.63) is 12.2 Å². The van der Waals surface area contributed by atoms with E-state index in [0.717, 1.165) is 6.08 Å². The molecule has 3 nitrogen and oxygen atoms in total. The second-order valence-corrected chi connectivity index (χ2v) is 5.60. The van der Waals surface area contributed by atoms with E-state index in [9.17, 15) is 44.3 Å². The molecule has 0 saturated carbocycles. The molecule has 0 aromatic heterocycles. The van der Waals surface area contributed by atoms with Gasteiger partial charge in [-0.05, 0) is 26.2 Å². The summed E-state index contributed by atoms with van der Waals surface area (Å²) in [6.07, 6.45) is -21.2. The first kappa shape index (κ1) is 21.6. The Morgan fingerprint density at radius 1 is 1.04 bits per heavy atom. The van der Waals surface area contributed by atoms with Crippen molar-refractivity contribution in [3.8, 4) is 0 Å². The Morgan fingerprint density at radius 2 is 1.52 bits per heavy atom. The zero-order chi connectivity index (χ0) is 19.9. The number of aliphatic hydroxyl groups is 1. The molecule has 0 saturated heterocycles. The van der Waals surface area contributed by atoms with E-state index < -0.39 is 54.5 Å². The van der Waals surface area contributed by atoms with Crippen molar-refractivity contribution in [3.63, 3.8) is 0 Å². The van der Waals surface area contributed by atoms with Crippen LogP contribution in [0.15, 0.2) is 12.2 Å². The number of rotatable bonds is 3. The second-order valence-electron chi connectivity index (χ2n) is 5.60. The van der Waals surface area contributed by atoms with Gasteiger partial charge in [-0.15, -0.1) is 0 Å². The molecule has 0 bridgehead atoms. The number of hydrogen-bond acceptors (Lipinski definition) is 3. The van der Waals surface area contributed by atoms with E-state index in [1.807, 2.05) is 0 Å². The molecule has 146 valence electrons. The maximum absolute atomic E-state index is 13.2. The van der Waals surface area contributed by atoms with Gasteiger partial charge in [0.25, 0.3) is 5.60 Å². The van der Waals surface area contributed by atoms with Crippen LogP contribution in [0.2, 0.25) is 0 Å². The van der Waals surface area contributed by atoms with Crippen molar-refractivity contribution in [1.82, 2.24) is 0 Å². The third-order valence-corrected chi connectivity index (χ3v) is 4.04. The van der Waals surface area contributed by atoms with Crippen LogP contribution in [0, 0.1) is 5.41 Å². The second kappa shape index (κ2) is 6.36. The summed E-state index contributed by atoms with van der Waals surface area (Å²) in [5.74, 6) is -2.30. The zero-order valence-corrected chi connectivity index (χ0v) is 12.5. The topological polar surface area (TPSA) is 46.5 Å². The third kappa shape index (κ3) is 3.58. The molecule has 0 amide bonds. The van der Waals surface area contributed by atoms with Crippen LogP contribution in [-0.2, 0) is 9.53 Å². The monoisotopic (exact) mass is 388 g/mol. The summed E-state index contributed by atoms with van der Waals surface area (Å²) >= 11 is 0. The first-order valence-corrected chi connectivity index (χ1v) is 6.79. The minimum atomic E-state index is -6.33.